The summed E-state index contributed by atoms with van der Waals surface area (Å²) < 4.78 is 5.91. The molecule has 4 nitrogen and oxygen atoms in total. The van der Waals surface area contributed by atoms with Gasteiger partial charge in [0.1, 0.15) is 17.4 Å². The van der Waals surface area contributed by atoms with Gasteiger partial charge in [-0.05, 0) is 35.1 Å². The van der Waals surface area contributed by atoms with Gasteiger partial charge in [0.25, 0.3) is 0 Å². The quantitative estimate of drug-likeness (QED) is 0.531. The highest BCUT2D eigenvalue weighted by molar-refractivity contribution is 7.13. The molecule has 0 bridgehead atoms. The lowest BCUT2D eigenvalue weighted by molar-refractivity contribution is -0.136. The number of ether oxygens (including phenoxy) is 1. The van der Waals surface area contributed by atoms with Crippen LogP contribution < -0.4 is 4.74 Å². The number of aromatic nitrogens is 1. The molecule has 5 heteroatoms. The van der Waals surface area contributed by atoms with Crippen LogP contribution in [-0.2, 0) is 23.2 Å². The van der Waals surface area contributed by atoms with Gasteiger partial charge in [0, 0.05) is 10.9 Å². The van der Waals surface area contributed by atoms with E-state index >= 15 is 0 Å². The van der Waals surface area contributed by atoms with Gasteiger partial charge in [-0.25, -0.2) is 4.98 Å². The minimum atomic E-state index is -0.865. The van der Waals surface area contributed by atoms with Crippen LogP contribution in [0.1, 0.15) is 44.0 Å². The Morgan fingerprint density at radius 3 is 2.39 bits per heavy atom. The Morgan fingerprint density at radius 1 is 1.11 bits per heavy atom. The number of carboxylic acid groups (broad SMARTS) is 1. The number of nitrogens with zero attached hydrogens (tertiary/aromatic N) is 1. The SMILES string of the molecule is CCC(C)(C)c1ccc(OCc2ccc(-c3nc(CC(=O)O)cs3)cc2)cc1. The van der Waals surface area contributed by atoms with E-state index in [1.165, 1.54) is 16.9 Å². The molecule has 3 rings (SSSR count). The van der Waals surface area contributed by atoms with Crippen LogP contribution in [0.4, 0.5) is 0 Å². The van der Waals surface area contributed by atoms with Crippen molar-refractivity contribution in [3.63, 3.8) is 0 Å². The summed E-state index contributed by atoms with van der Waals surface area (Å²) in [5.74, 6) is -0.00592. The van der Waals surface area contributed by atoms with Crippen molar-refractivity contribution in [1.29, 1.82) is 0 Å². The van der Waals surface area contributed by atoms with E-state index in [1.54, 1.807) is 5.38 Å². The second-order valence-corrected chi connectivity index (χ2v) is 8.32. The van der Waals surface area contributed by atoms with Crippen LogP contribution in [0.15, 0.2) is 53.9 Å². The first-order valence-electron chi connectivity index (χ1n) is 9.36. The summed E-state index contributed by atoms with van der Waals surface area (Å²) in [4.78, 5) is 15.2. The van der Waals surface area contributed by atoms with Crippen LogP contribution in [0.5, 0.6) is 5.75 Å². The standard InChI is InChI=1S/C23H25NO3S/c1-4-23(2,3)18-9-11-20(12-10-18)27-14-16-5-7-17(8-6-16)22-24-19(15-28-22)13-21(25)26/h5-12,15H,4,13-14H2,1-3H3,(H,25,26). The summed E-state index contributed by atoms with van der Waals surface area (Å²) in [6.45, 7) is 7.20. The lowest BCUT2D eigenvalue weighted by Crippen LogP contribution is -2.15. The van der Waals surface area contributed by atoms with E-state index in [-0.39, 0.29) is 11.8 Å². The highest BCUT2D eigenvalue weighted by Gasteiger charge is 2.17. The van der Waals surface area contributed by atoms with E-state index in [0.717, 1.165) is 28.3 Å². The monoisotopic (exact) mass is 395 g/mol. The van der Waals surface area contributed by atoms with Crippen molar-refractivity contribution in [2.45, 2.75) is 45.6 Å². The van der Waals surface area contributed by atoms with Gasteiger partial charge in [-0.3, -0.25) is 4.79 Å². The molecule has 28 heavy (non-hydrogen) atoms. The van der Waals surface area contributed by atoms with Crippen molar-refractivity contribution in [3.05, 3.63) is 70.7 Å². The predicted octanol–water partition coefficient (Wildman–Crippen LogP) is 5.70. The Labute approximate surface area is 169 Å². The molecule has 1 aromatic heterocycles. The summed E-state index contributed by atoms with van der Waals surface area (Å²) in [5, 5.41) is 11.5. The van der Waals surface area contributed by atoms with Gasteiger partial charge in [0.2, 0.25) is 0 Å². The number of carboxylic acids is 1. The fourth-order valence-corrected chi connectivity index (χ4v) is 3.62. The highest BCUT2D eigenvalue weighted by atomic mass is 32.1. The molecule has 1 heterocycles. The zero-order valence-electron chi connectivity index (χ0n) is 16.4. The zero-order valence-corrected chi connectivity index (χ0v) is 17.3. The molecular formula is C23H25NO3S. The average Bonchev–Trinajstić information content (AvgIpc) is 3.15. The molecule has 0 spiro atoms. The largest absolute Gasteiger partial charge is 0.489 e. The normalized spacial score (nSPS) is 11.4. The first-order valence-corrected chi connectivity index (χ1v) is 10.2. The molecule has 2 aromatic carbocycles. The zero-order chi connectivity index (χ0) is 20.1. The Hall–Kier alpha value is -2.66. The Balaban J connectivity index is 1.60. The maximum atomic E-state index is 10.8. The Kier molecular flexibility index (Phi) is 6.15. The molecule has 0 aliphatic rings. The molecule has 146 valence electrons. The molecule has 0 amide bonds. The van der Waals surface area contributed by atoms with Gasteiger partial charge in [-0.15, -0.1) is 11.3 Å². The van der Waals surface area contributed by atoms with E-state index in [1.807, 2.05) is 36.4 Å². The van der Waals surface area contributed by atoms with E-state index in [9.17, 15) is 4.79 Å². The van der Waals surface area contributed by atoms with Crippen LogP contribution >= 0.6 is 11.3 Å². The molecule has 0 atom stereocenters. The maximum absolute atomic E-state index is 10.8. The van der Waals surface area contributed by atoms with Gasteiger partial charge < -0.3 is 9.84 Å². The number of aliphatic carboxylic acids is 1. The molecule has 0 aliphatic heterocycles. The van der Waals surface area contributed by atoms with Gasteiger partial charge in [-0.2, -0.15) is 0 Å². The van der Waals surface area contributed by atoms with E-state index in [4.69, 9.17) is 9.84 Å². The number of carbonyl (C=O) groups is 1. The second-order valence-electron chi connectivity index (χ2n) is 7.46. The first kappa shape index (κ1) is 20.1. The summed E-state index contributed by atoms with van der Waals surface area (Å²) in [5.41, 5.74) is 4.14. The molecule has 3 aromatic rings. The van der Waals surface area contributed by atoms with Crippen molar-refractivity contribution in [2.24, 2.45) is 0 Å². The molecule has 0 saturated carbocycles. The minimum absolute atomic E-state index is 0.0450. The summed E-state index contributed by atoms with van der Waals surface area (Å²) in [6.07, 6.45) is 1.05. The first-order chi connectivity index (χ1) is 13.4. The molecule has 0 saturated heterocycles. The van der Waals surface area contributed by atoms with Crippen molar-refractivity contribution in [3.8, 4) is 16.3 Å². The summed E-state index contributed by atoms with van der Waals surface area (Å²) in [6, 6.07) is 16.4. The summed E-state index contributed by atoms with van der Waals surface area (Å²) in [7, 11) is 0. The predicted molar refractivity (Wildman–Crippen MR) is 113 cm³/mol. The maximum Gasteiger partial charge on any atom is 0.309 e. The highest BCUT2D eigenvalue weighted by Crippen LogP contribution is 2.28. The van der Waals surface area contributed by atoms with Crippen molar-refractivity contribution in [1.82, 2.24) is 4.98 Å². The molecular weight excluding hydrogens is 370 g/mol. The average molecular weight is 396 g/mol. The Bertz CT molecular complexity index is 927. The third-order valence-electron chi connectivity index (χ3n) is 5.01. The lowest BCUT2D eigenvalue weighted by Gasteiger charge is -2.23. The van der Waals surface area contributed by atoms with Crippen LogP contribution in [0.3, 0.4) is 0 Å². The Morgan fingerprint density at radius 2 is 1.79 bits per heavy atom. The molecule has 1 N–H and O–H groups in total. The van der Waals surface area contributed by atoms with Crippen LogP contribution in [0.25, 0.3) is 10.6 Å². The number of thiazole rings is 1. The van der Waals surface area contributed by atoms with E-state index in [2.05, 4.69) is 37.9 Å². The fraction of sp³-hybridized carbons (Fsp3) is 0.304. The third kappa shape index (κ3) is 4.98. The molecule has 0 unspecified atom stereocenters. The van der Waals surface area contributed by atoms with Gasteiger partial charge in [-0.1, -0.05) is 57.2 Å². The van der Waals surface area contributed by atoms with E-state index < -0.39 is 5.97 Å². The number of rotatable bonds is 8. The third-order valence-corrected chi connectivity index (χ3v) is 5.95. The van der Waals surface area contributed by atoms with Crippen molar-refractivity contribution < 1.29 is 14.6 Å². The topological polar surface area (TPSA) is 59.4 Å². The van der Waals surface area contributed by atoms with E-state index in [0.29, 0.717) is 12.3 Å². The lowest BCUT2D eigenvalue weighted by atomic mass is 9.82. The number of benzene rings is 2. The molecule has 0 fully saturated rings. The van der Waals surface area contributed by atoms with Crippen LogP contribution in [0.2, 0.25) is 0 Å². The minimum Gasteiger partial charge on any atom is -0.489 e. The van der Waals surface area contributed by atoms with Crippen molar-refractivity contribution in [2.75, 3.05) is 0 Å². The van der Waals surface area contributed by atoms with Gasteiger partial charge >= 0.3 is 5.97 Å². The number of hydrogen-bond acceptors (Lipinski definition) is 4. The van der Waals surface area contributed by atoms with Crippen molar-refractivity contribution >= 4 is 17.3 Å². The molecule has 0 radical (unpaired) electrons. The smallest absolute Gasteiger partial charge is 0.309 e. The second kappa shape index (κ2) is 8.57. The van der Waals surface area contributed by atoms with Gasteiger partial charge in [0.05, 0.1) is 12.1 Å². The van der Waals surface area contributed by atoms with Crippen LogP contribution in [-0.4, -0.2) is 16.1 Å². The molecule has 0 aliphatic carbocycles. The number of hydrogen-bond donors (Lipinski definition) is 1. The fourth-order valence-electron chi connectivity index (χ4n) is 2.79. The van der Waals surface area contributed by atoms with Gasteiger partial charge in [0.15, 0.2) is 0 Å². The van der Waals surface area contributed by atoms with Crippen LogP contribution in [0, 0.1) is 0 Å². The summed E-state index contributed by atoms with van der Waals surface area (Å²) >= 11 is 1.46.